The highest BCUT2D eigenvalue weighted by molar-refractivity contribution is 8.18. The molecule has 1 fully saturated rings. The number of para-hydroxylation sites is 1. The molecule has 2 aromatic rings. The van der Waals surface area contributed by atoms with E-state index in [2.05, 4.69) is 11.6 Å². The van der Waals surface area contributed by atoms with E-state index in [9.17, 15) is 14.7 Å². The summed E-state index contributed by atoms with van der Waals surface area (Å²) in [4.78, 5) is 31.4. The minimum atomic E-state index is -0.532. The Balaban J connectivity index is 1.94. The summed E-state index contributed by atoms with van der Waals surface area (Å²) in [7, 11) is 0. The van der Waals surface area contributed by atoms with E-state index in [0.29, 0.717) is 40.0 Å². The summed E-state index contributed by atoms with van der Waals surface area (Å²) in [6, 6.07) is 13.8. The number of Topliss-reactive ketones (excluding diaryl/α,β-unsaturated/α-hetero) is 1. The lowest BCUT2D eigenvalue weighted by Gasteiger charge is -2.16. The maximum absolute atomic E-state index is 13.0. The third-order valence-corrected chi connectivity index (χ3v) is 5.58. The largest absolute Gasteiger partial charge is 0.508 e. The van der Waals surface area contributed by atoms with Gasteiger partial charge in [0.05, 0.1) is 10.6 Å². The Morgan fingerprint density at radius 3 is 2.61 bits per heavy atom. The average Bonchev–Trinajstić information content (AvgIpc) is 3.03. The third-order valence-electron chi connectivity index (χ3n) is 4.57. The summed E-state index contributed by atoms with van der Waals surface area (Å²) in [5, 5.41) is 9.99. The van der Waals surface area contributed by atoms with E-state index >= 15 is 0 Å². The van der Waals surface area contributed by atoms with Crippen molar-refractivity contribution in [1.82, 2.24) is 4.90 Å². The fraction of sp³-hybridized carbons (Fsp3) is 0.208. The fourth-order valence-corrected chi connectivity index (χ4v) is 3.97. The van der Waals surface area contributed by atoms with Crippen molar-refractivity contribution < 1.29 is 19.4 Å². The van der Waals surface area contributed by atoms with Crippen LogP contribution in [0.5, 0.6) is 11.5 Å². The number of hydrogen-bond donors (Lipinski definition) is 1. The lowest BCUT2D eigenvalue weighted by molar-refractivity contribution is -0.124. The molecule has 31 heavy (non-hydrogen) atoms. The van der Waals surface area contributed by atoms with Crippen LogP contribution in [0.3, 0.4) is 0 Å². The van der Waals surface area contributed by atoms with Crippen molar-refractivity contribution in [3.8, 4) is 11.5 Å². The molecule has 6 nitrogen and oxygen atoms in total. The number of carbonyl (C=O) groups is 2. The number of amidine groups is 1. The molecule has 160 valence electrons. The molecule has 0 aromatic heterocycles. The molecule has 1 aliphatic rings. The summed E-state index contributed by atoms with van der Waals surface area (Å²) >= 11 is 1.26. The van der Waals surface area contributed by atoms with Crippen LogP contribution in [0.15, 0.2) is 71.1 Å². The standard InChI is InChI=1S/C24H24N2O4S/c1-4-14-26-23(29)22(31-24(26)25-18-10-12-19(28)13-11-18)15-17-8-6-7-9-21(17)30-20(5-2)16(3)27/h4,6-13,15,20,28H,1,5,14H2,2-3H3/b22-15-,25-24?. The molecule has 0 spiro atoms. The highest BCUT2D eigenvalue weighted by atomic mass is 32.2. The van der Waals surface area contributed by atoms with Gasteiger partial charge in [0, 0.05) is 12.1 Å². The Morgan fingerprint density at radius 1 is 1.26 bits per heavy atom. The molecule has 7 heteroatoms. The van der Waals surface area contributed by atoms with Crippen LogP contribution < -0.4 is 4.74 Å². The lowest BCUT2D eigenvalue weighted by Crippen LogP contribution is -2.29. The molecular weight excluding hydrogens is 412 g/mol. The summed E-state index contributed by atoms with van der Waals surface area (Å²) in [5.41, 5.74) is 1.34. The van der Waals surface area contributed by atoms with Gasteiger partial charge in [-0.25, -0.2) is 4.99 Å². The Bertz CT molecular complexity index is 1040. The van der Waals surface area contributed by atoms with Gasteiger partial charge in [-0.05, 0) is 61.5 Å². The fourth-order valence-electron chi connectivity index (χ4n) is 2.97. The van der Waals surface area contributed by atoms with Crippen LogP contribution in [0.1, 0.15) is 25.8 Å². The summed E-state index contributed by atoms with van der Waals surface area (Å²) < 4.78 is 5.91. The van der Waals surface area contributed by atoms with Gasteiger partial charge in [-0.1, -0.05) is 31.2 Å². The number of amides is 1. The quantitative estimate of drug-likeness (QED) is 0.469. The van der Waals surface area contributed by atoms with Gasteiger partial charge in [-0.15, -0.1) is 6.58 Å². The van der Waals surface area contributed by atoms with Crippen LogP contribution in [0.2, 0.25) is 0 Å². The van der Waals surface area contributed by atoms with Gasteiger partial charge in [0.15, 0.2) is 17.1 Å². The van der Waals surface area contributed by atoms with E-state index in [4.69, 9.17) is 4.74 Å². The first-order valence-corrected chi connectivity index (χ1v) is 10.7. The van der Waals surface area contributed by atoms with Crippen molar-refractivity contribution >= 4 is 40.4 Å². The van der Waals surface area contributed by atoms with E-state index in [1.165, 1.54) is 18.7 Å². The van der Waals surface area contributed by atoms with Crippen LogP contribution in [0.4, 0.5) is 5.69 Å². The second kappa shape index (κ2) is 10.1. The van der Waals surface area contributed by atoms with Gasteiger partial charge in [-0.3, -0.25) is 14.5 Å². The van der Waals surface area contributed by atoms with Crippen molar-refractivity contribution in [2.75, 3.05) is 6.54 Å². The number of ether oxygens (including phenoxy) is 1. The zero-order valence-electron chi connectivity index (χ0n) is 17.4. The summed E-state index contributed by atoms with van der Waals surface area (Å²) in [6.45, 7) is 7.45. The Morgan fingerprint density at radius 2 is 1.97 bits per heavy atom. The predicted molar refractivity (Wildman–Crippen MR) is 125 cm³/mol. The van der Waals surface area contributed by atoms with Crippen LogP contribution in [-0.2, 0) is 9.59 Å². The highest BCUT2D eigenvalue weighted by Gasteiger charge is 2.33. The van der Waals surface area contributed by atoms with Gasteiger partial charge >= 0.3 is 0 Å². The van der Waals surface area contributed by atoms with Crippen LogP contribution in [0.25, 0.3) is 6.08 Å². The molecule has 1 N–H and O–H groups in total. The molecule has 2 aromatic carbocycles. The molecule has 0 bridgehead atoms. The molecular formula is C24H24N2O4S. The number of benzene rings is 2. The number of ketones is 1. The van der Waals surface area contributed by atoms with Crippen molar-refractivity contribution in [2.45, 2.75) is 26.4 Å². The third kappa shape index (κ3) is 5.44. The first kappa shape index (κ1) is 22.4. The second-order valence-electron chi connectivity index (χ2n) is 6.89. The zero-order valence-corrected chi connectivity index (χ0v) is 18.3. The Labute approximate surface area is 185 Å². The van der Waals surface area contributed by atoms with Crippen LogP contribution in [-0.4, -0.2) is 39.5 Å². The number of phenolic OH excluding ortho intramolecular Hbond substituents is 1. The van der Waals surface area contributed by atoms with Crippen LogP contribution in [0, 0.1) is 0 Å². The number of carbonyl (C=O) groups excluding carboxylic acids is 2. The first-order chi connectivity index (χ1) is 14.9. The van der Waals surface area contributed by atoms with E-state index in [1.54, 1.807) is 47.4 Å². The number of aromatic hydroxyl groups is 1. The molecule has 0 saturated carbocycles. The van der Waals surface area contributed by atoms with Gasteiger partial charge in [0.1, 0.15) is 11.5 Å². The van der Waals surface area contributed by atoms with Gasteiger partial charge in [0.2, 0.25) is 0 Å². The SMILES string of the molecule is C=CCN1C(=O)/C(=C/c2ccccc2OC(CC)C(C)=O)SC1=Nc1ccc(O)cc1. The molecule has 1 saturated heterocycles. The maximum atomic E-state index is 13.0. The minimum absolute atomic E-state index is 0.0447. The predicted octanol–water partition coefficient (Wildman–Crippen LogP) is 4.93. The van der Waals surface area contributed by atoms with Crippen molar-refractivity contribution in [3.05, 3.63) is 71.7 Å². The monoisotopic (exact) mass is 436 g/mol. The van der Waals surface area contributed by atoms with Crippen molar-refractivity contribution in [3.63, 3.8) is 0 Å². The normalized spacial score (nSPS) is 17.2. The van der Waals surface area contributed by atoms with E-state index in [0.717, 1.165) is 0 Å². The van der Waals surface area contributed by atoms with E-state index < -0.39 is 6.10 Å². The average molecular weight is 437 g/mol. The summed E-state index contributed by atoms with van der Waals surface area (Å²) in [6.07, 6.45) is 3.42. The number of nitrogens with zero attached hydrogens (tertiary/aromatic N) is 2. The number of thioether (sulfide) groups is 1. The van der Waals surface area contributed by atoms with Gasteiger partial charge < -0.3 is 9.84 Å². The molecule has 0 aliphatic carbocycles. The molecule has 1 amide bonds. The van der Waals surface area contributed by atoms with E-state index in [-0.39, 0.29) is 17.4 Å². The molecule has 0 radical (unpaired) electrons. The number of aliphatic imine (C=N–C) groups is 1. The Kier molecular flexibility index (Phi) is 7.31. The van der Waals surface area contributed by atoms with Crippen molar-refractivity contribution in [1.29, 1.82) is 0 Å². The highest BCUT2D eigenvalue weighted by Crippen LogP contribution is 2.36. The smallest absolute Gasteiger partial charge is 0.267 e. The zero-order chi connectivity index (χ0) is 22.4. The topological polar surface area (TPSA) is 79.2 Å². The summed E-state index contributed by atoms with van der Waals surface area (Å²) in [5.74, 6) is 0.465. The minimum Gasteiger partial charge on any atom is -0.508 e. The number of rotatable bonds is 8. The molecule has 1 atom stereocenters. The second-order valence-corrected chi connectivity index (χ2v) is 7.90. The molecule has 3 rings (SSSR count). The lowest BCUT2D eigenvalue weighted by atomic mass is 10.1. The number of phenols is 1. The van der Waals surface area contributed by atoms with Gasteiger partial charge in [0.25, 0.3) is 5.91 Å². The van der Waals surface area contributed by atoms with E-state index in [1.807, 2.05) is 25.1 Å². The first-order valence-electron chi connectivity index (χ1n) is 9.89. The van der Waals surface area contributed by atoms with Crippen LogP contribution >= 0.6 is 11.8 Å². The van der Waals surface area contributed by atoms with Gasteiger partial charge in [-0.2, -0.15) is 0 Å². The van der Waals surface area contributed by atoms with Crippen molar-refractivity contribution in [2.24, 2.45) is 4.99 Å². The molecule has 1 aliphatic heterocycles. The number of hydrogen-bond acceptors (Lipinski definition) is 6. The Hall–Kier alpha value is -3.32. The maximum Gasteiger partial charge on any atom is 0.267 e. The molecule has 1 heterocycles. The molecule has 1 unspecified atom stereocenters.